The first-order valence-electron chi connectivity index (χ1n) is 9.57. The van der Waals surface area contributed by atoms with Gasteiger partial charge in [-0.2, -0.15) is 13.2 Å². The lowest BCUT2D eigenvalue weighted by molar-refractivity contribution is -0.137. The highest BCUT2D eigenvalue weighted by molar-refractivity contribution is 7.89. The lowest BCUT2D eigenvalue weighted by atomic mass is 10.1. The van der Waals surface area contributed by atoms with Gasteiger partial charge in [-0.1, -0.05) is 29.8 Å². The van der Waals surface area contributed by atoms with E-state index in [4.69, 9.17) is 11.6 Å². The molecule has 1 aromatic heterocycles. The van der Waals surface area contributed by atoms with E-state index in [9.17, 15) is 26.4 Å². The molecule has 0 aliphatic carbocycles. The van der Waals surface area contributed by atoms with E-state index in [1.54, 1.807) is 49.8 Å². The number of sulfonamides is 1. The van der Waals surface area contributed by atoms with Crippen molar-refractivity contribution in [1.29, 1.82) is 0 Å². The number of hydrogen-bond acceptors (Lipinski definition) is 4. The van der Waals surface area contributed by atoms with Crippen LogP contribution < -0.4 is 4.72 Å². The van der Waals surface area contributed by atoms with Crippen molar-refractivity contribution in [3.8, 4) is 0 Å². The molecule has 0 radical (unpaired) electrons. The predicted molar refractivity (Wildman–Crippen MR) is 117 cm³/mol. The van der Waals surface area contributed by atoms with E-state index in [1.165, 1.54) is 4.90 Å². The lowest BCUT2D eigenvalue weighted by Crippen LogP contribution is -2.26. The van der Waals surface area contributed by atoms with Crippen LogP contribution >= 0.6 is 11.6 Å². The van der Waals surface area contributed by atoms with Gasteiger partial charge in [-0.05, 0) is 47.5 Å². The van der Waals surface area contributed by atoms with E-state index >= 15 is 0 Å². The van der Waals surface area contributed by atoms with Crippen LogP contribution in [0, 0.1) is 0 Å². The van der Waals surface area contributed by atoms with Gasteiger partial charge < -0.3 is 4.90 Å². The first-order chi connectivity index (χ1) is 15.5. The molecule has 3 aromatic rings. The number of amides is 1. The van der Waals surface area contributed by atoms with Gasteiger partial charge in [-0.15, -0.1) is 0 Å². The Kier molecular flexibility index (Phi) is 7.41. The van der Waals surface area contributed by atoms with Crippen LogP contribution in [0.2, 0.25) is 5.02 Å². The zero-order valence-electron chi connectivity index (χ0n) is 17.3. The molecular formula is C22H19ClF3N3O3S. The fourth-order valence-corrected chi connectivity index (χ4v) is 4.51. The molecule has 0 unspecified atom stereocenters. The number of carbonyl (C=O) groups is 1. The molecule has 0 atom stereocenters. The Labute approximate surface area is 194 Å². The Morgan fingerprint density at radius 2 is 1.79 bits per heavy atom. The number of nitrogens with one attached hydrogen (secondary N) is 1. The van der Waals surface area contributed by atoms with Crippen molar-refractivity contribution in [2.45, 2.75) is 24.2 Å². The monoisotopic (exact) mass is 497 g/mol. The topological polar surface area (TPSA) is 79.4 Å². The van der Waals surface area contributed by atoms with Crippen LogP contribution in [0.3, 0.4) is 0 Å². The second kappa shape index (κ2) is 9.90. The summed E-state index contributed by atoms with van der Waals surface area (Å²) in [5, 5.41) is -0.326. The molecule has 11 heteroatoms. The summed E-state index contributed by atoms with van der Waals surface area (Å²) < 4.78 is 66.0. The van der Waals surface area contributed by atoms with Crippen LogP contribution in [0.25, 0.3) is 0 Å². The Morgan fingerprint density at radius 3 is 2.39 bits per heavy atom. The predicted octanol–water partition coefficient (Wildman–Crippen LogP) is 4.50. The third-order valence-electron chi connectivity index (χ3n) is 4.70. The van der Waals surface area contributed by atoms with Crippen molar-refractivity contribution in [3.63, 3.8) is 0 Å². The zero-order chi connectivity index (χ0) is 24.2. The first-order valence-corrected chi connectivity index (χ1v) is 11.4. The van der Waals surface area contributed by atoms with E-state index in [0.29, 0.717) is 29.8 Å². The molecule has 1 N–H and O–H groups in total. The van der Waals surface area contributed by atoms with Gasteiger partial charge in [0, 0.05) is 38.1 Å². The summed E-state index contributed by atoms with van der Waals surface area (Å²) >= 11 is 5.82. The van der Waals surface area contributed by atoms with Gasteiger partial charge >= 0.3 is 6.18 Å². The quantitative estimate of drug-likeness (QED) is 0.521. The number of pyridine rings is 1. The molecule has 0 aliphatic heterocycles. The maximum Gasteiger partial charge on any atom is 0.416 e. The van der Waals surface area contributed by atoms with Gasteiger partial charge in [0.1, 0.15) is 4.90 Å². The van der Waals surface area contributed by atoms with Gasteiger partial charge in [-0.3, -0.25) is 9.78 Å². The second-order valence-electron chi connectivity index (χ2n) is 7.19. The molecule has 174 valence electrons. The largest absolute Gasteiger partial charge is 0.416 e. The average molecular weight is 498 g/mol. The fourth-order valence-electron chi connectivity index (χ4n) is 2.96. The maximum atomic E-state index is 12.9. The van der Waals surface area contributed by atoms with Gasteiger partial charge in [0.15, 0.2) is 0 Å². The van der Waals surface area contributed by atoms with Gasteiger partial charge in [0.25, 0.3) is 5.91 Å². The van der Waals surface area contributed by atoms with E-state index in [2.05, 4.69) is 9.71 Å². The molecule has 2 aromatic carbocycles. The smallest absolute Gasteiger partial charge is 0.337 e. The molecule has 1 amide bonds. The number of alkyl halides is 3. The molecule has 6 nitrogen and oxygen atoms in total. The summed E-state index contributed by atoms with van der Waals surface area (Å²) in [4.78, 5) is 17.5. The summed E-state index contributed by atoms with van der Waals surface area (Å²) in [6.07, 6.45) is -1.41. The standard InChI is InChI=1S/C22H19ClF3N3O3S/c1-29(14-16-3-2-10-27-12-16)21(30)17-6-4-15(5-7-17)13-28-33(31,32)20-11-18(22(24,25)26)8-9-19(20)23/h2-12,28H,13-14H2,1H3. The summed E-state index contributed by atoms with van der Waals surface area (Å²) in [6, 6.07) is 11.9. The number of nitrogens with zero attached hydrogens (tertiary/aromatic N) is 2. The van der Waals surface area contributed by atoms with Crippen LogP contribution in [-0.2, 0) is 29.3 Å². The third-order valence-corrected chi connectivity index (χ3v) is 6.59. The third kappa shape index (κ3) is 6.31. The number of halogens is 4. The SMILES string of the molecule is CN(Cc1cccnc1)C(=O)c1ccc(CNS(=O)(=O)c2cc(C(F)(F)F)ccc2Cl)cc1. The summed E-state index contributed by atoms with van der Waals surface area (Å²) in [6.45, 7) is 0.168. The molecule has 1 heterocycles. The number of rotatable bonds is 7. The molecule has 0 saturated carbocycles. The van der Waals surface area contributed by atoms with E-state index in [1.807, 2.05) is 6.07 Å². The minimum atomic E-state index is -4.71. The first kappa shape index (κ1) is 24.7. The molecule has 0 aliphatic rings. The van der Waals surface area contributed by atoms with Gasteiger partial charge in [-0.25, -0.2) is 13.1 Å². The minimum absolute atomic E-state index is 0.200. The van der Waals surface area contributed by atoms with E-state index in [0.717, 1.165) is 11.6 Å². The van der Waals surface area contributed by atoms with Crippen molar-refractivity contribution >= 4 is 27.5 Å². The fraction of sp³-hybridized carbons (Fsp3) is 0.182. The summed E-state index contributed by atoms with van der Waals surface area (Å²) in [5.41, 5.74) is 0.653. The normalized spacial score (nSPS) is 11.9. The summed E-state index contributed by atoms with van der Waals surface area (Å²) in [5.74, 6) is -0.235. The Bertz CT molecular complexity index is 1240. The number of carbonyl (C=O) groups excluding carboxylic acids is 1. The van der Waals surface area contributed by atoms with E-state index < -0.39 is 26.7 Å². The van der Waals surface area contributed by atoms with Gasteiger partial charge in [0.05, 0.1) is 10.6 Å². The molecule has 0 bridgehead atoms. The number of aromatic nitrogens is 1. The minimum Gasteiger partial charge on any atom is -0.337 e. The van der Waals surface area contributed by atoms with Crippen LogP contribution in [0.15, 0.2) is 71.9 Å². The Hall–Kier alpha value is -2.95. The zero-order valence-corrected chi connectivity index (χ0v) is 18.9. The van der Waals surface area contributed by atoms with Crippen molar-refractivity contribution in [2.24, 2.45) is 0 Å². The van der Waals surface area contributed by atoms with Crippen LogP contribution in [0.4, 0.5) is 13.2 Å². The second-order valence-corrected chi connectivity index (χ2v) is 9.33. The molecule has 0 saturated heterocycles. The average Bonchev–Trinajstić information content (AvgIpc) is 2.77. The lowest BCUT2D eigenvalue weighted by Gasteiger charge is -2.17. The highest BCUT2D eigenvalue weighted by Gasteiger charge is 2.32. The molecule has 0 fully saturated rings. The molecule has 33 heavy (non-hydrogen) atoms. The highest BCUT2D eigenvalue weighted by atomic mass is 35.5. The number of benzene rings is 2. The maximum absolute atomic E-state index is 12.9. The number of hydrogen-bond donors (Lipinski definition) is 1. The van der Waals surface area contributed by atoms with Crippen LogP contribution in [0.1, 0.15) is 27.0 Å². The van der Waals surface area contributed by atoms with Crippen LogP contribution in [-0.4, -0.2) is 31.3 Å². The molecule has 0 spiro atoms. The molecule has 3 rings (SSSR count). The van der Waals surface area contributed by atoms with Gasteiger partial charge in [0.2, 0.25) is 10.0 Å². The van der Waals surface area contributed by atoms with Crippen molar-refractivity contribution in [2.75, 3.05) is 7.05 Å². The van der Waals surface area contributed by atoms with Crippen molar-refractivity contribution < 1.29 is 26.4 Å². The highest BCUT2D eigenvalue weighted by Crippen LogP contribution is 2.33. The molecular weight excluding hydrogens is 479 g/mol. The van der Waals surface area contributed by atoms with Crippen molar-refractivity contribution in [1.82, 2.24) is 14.6 Å². The van der Waals surface area contributed by atoms with E-state index in [-0.39, 0.29) is 17.5 Å². The Balaban J connectivity index is 1.67. The summed E-state index contributed by atoms with van der Waals surface area (Å²) in [7, 11) is -2.66. The Morgan fingerprint density at radius 1 is 1.09 bits per heavy atom. The van der Waals surface area contributed by atoms with Crippen LogP contribution in [0.5, 0.6) is 0 Å². The van der Waals surface area contributed by atoms with Crippen molar-refractivity contribution in [3.05, 3.63) is 94.3 Å².